The standard InChI is InChI=1S/C23H28Cl3N3O4S/c1-15(2)27-23(31)16(3)28(11-10-17-8-6-5-7-9-17)22(30)14-29(34(4,32)33)21-13-19(25)18(24)12-20(21)26/h5-9,12-13,15-16H,10-11,14H2,1-4H3,(H,27,31)/t16-/m0/s1. The Bertz CT molecular complexity index is 1130. The highest BCUT2D eigenvalue weighted by molar-refractivity contribution is 7.92. The average molecular weight is 549 g/mol. The number of sulfonamides is 1. The Hall–Kier alpha value is -2.00. The van der Waals surface area contributed by atoms with Crippen molar-refractivity contribution in [3.05, 3.63) is 63.1 Å². The minimum Gasteiger partial charge on any atom is -0.352 e. The molecule has 0 aliphatic rings. The van der Waals surface area contributed by atoms with Gasteiger partial charge in [-0.3, -0.25) is 13.9 Å². The van der Waals surface area contributed by atoms with Gasteiger partial charge in [0.15, 0.2) is 0 Å². The van der Waals surface area contributed by atoms with Gasteiger partial charge in [-0.15, -0.1) is 0 Å². The molecule has 0 bridgehead atoms. The van der Waals surface area contributed by atoms with E-state index in [9.17, 15) is 18.0 Å². The number of benzene rings is 2. The molecule has 0 saturated carbocycles. The lowest BCUT2D eigenvalue weighted by Gasteiger charge is -2.32. The van der Waals surface area contributed by atoms with Crippen molar-refractivity contribution in [3.63, 3.8) is 0 Å². The Morgan fingerprint density at radius 1 is 0.971 bits per heavy atom. The first-order valence-electron chi connectivity index (χ1n) is 10.6. The molecule has 1 N–H and O–H groups in total. The molecule has 7 nitrogen and oxygen atoms in total. The third-order valence-electron chi connectivity index (χ3n) is 5.02. The Kier molecular flexibility index (Phi) is 10.1. The fraction of sp³-hybridized carbons (Fsp3) is 0.391. The molecule has 0 unspecified atom stereocenters. The van der Waals surface area contributed by atoms with Crippen LogP contribution in [-0.4, -0.2) is 56.6 Å². The van der Waals surface area contributed by atoms with Gasteiger partial charge in [-0.2, -0.15) is 0 Å². The molecule has 11 heteroatoms. The third kappa shape index (κ3) is 7.77. The second kappa shape index (κ2) is 12.1. The van der Waals surface area contributed by atoms with E-state index in [4.69, 9.17) is 34.8 Å². The van der Waals surface area contributed by atoms with Crippen LogP contribution in [0.5, 0.6) is 0 Å². The Labute approximate surface area is 216 Å². The highest BCUT2D eigenvalue weighted by Crippen LogP contribution is 2.35. The van der Waals surface area contributed by atoms with Crippen LogP contribution in [0.1, 0.15) is 26.3 Å². The summed E-state index contributed by atoms with van der Waals surface area (Å²) in [4.78, 5) is 27.5. The molecule has 2 aromatic rings. The Morgan fingerprint density at radius 3 is 2.12 bits per heavy atom. The maximum Gasteiger partial charge on any atom is 0.244 e. The van der Waals surface area contributed by atoms with Gasteiger partial charge in [0.05, 0.1) is 27.0 Å². The second-order valence-electron chi connectivity index (χ2n) is 8.15. The number of carbonyl (C=O) groups is 2. The van der Waals surface area contributed by atoms with E-state index < -0.39 is 28.5 Å². The van der Waals surface area contributed by atoms with Crippen molar-refractivity contribution < 1.29 is 18.0 Å². The largest absolute Gasteiger partial charge is 0.352 e. The number of halogens is 3. The van der Waals surface area contributed by atoms with Gasteiger partial charge in [-0.25, -0.2) is 8.42 Å². The van der Waals surface area contributed by atoms with Crippen LogP contribution in [0.3, 0.4) is 0 Å². The van der Waals surface area contributed by atoms with Crippen LogP contribution >= 0.6 is 34.8 Å². The van der Waals surface area contributed by atoms with Crippen molar-refractivity contribution >= 4 is 62.3 Å². The smallest absolute Gasteiger partial charge is 0.244 e. The molecule has 34 heavy (non-hydrogen) atoms. The van der Waals surface area contributed by atoms with E-state index in [-0.39, 0.29) is 39.2 Å². The fourth-order valence-corrected chi connectivity index (χ4v) is 4.82. The van der Waals surface area contributed by atoms with E-state index >= 15 is 0 Å². The van der Waals surface area contributed by atoms with Gasteiger partial charge >= 0.3 is 0 Å². The maximum absolute atomic E-state index is 13.4. The first kappa shape index (κ1) is 28.2. The van der Waals surface area contributed by atoms with Crippen molar-refractivity contribution in [3.8, 4) is 0 Å². The summed E-state index contributed by atoms with van der Waals surface area (Å²) in [5.74, 6) is -0.898. The summed E-state index contributed by atoms with van der Waals surface area (Å²) in [6.07, 6.45) is 1.45. The van der Waals surface area contributed by atoms with Gasteiger partial charge < -0.3 is 10.2 Å². The van der Waals surface area contributed by atoms with E-state index in [1.165, 1.54) is 17.0 Å². The number of nitrogens with zero attached hydrogens (tertiary/aromatic N) is 2. The number of carbonyl (C=O) groups excluding carboxylic acids is 2. The van der Waals surface area contributed by atoms with Crippen LogP contribution in [0.2, 0.25) is 15.1 Å². The minimum atomic E-state index is -3.93. The maximum atomic E-state index is 13.4. The molecule has 2 rings (SSSR count). The summed E-state index contributed by atoms with van der Waals surface area (Å²) in [7, 11) is -3.93. The molecule has 2 aromatic carbocycles. The number of amides is 2. The lowest BCUT2D eigenvalue weighted by atomic mass is 10.1. The summed E-state index contributed by atoms with van der Waals surface area (Å²) < 4.78 is 26.1. The van der Waals surface area contributed by atoms with Crippen LogP contribution in [0.15, 0.2) is 42.5 Å². The lowest BCUT2D eigenvalue weighted by molar-refractivity contribution is -0.139. The van der Waals surface area contributed by atoms with Crippen molar-refractivity contribution in [2.45, 2.75) is 39.3 Å². The molecule has 0 spiro atoms. The molecule has 0 heterocycles. The van der Waals surface area contributed by atoms with Gasteiger partial charge in [0.25, 0.3) is 0 Å². The van der Waals surface area contributed by atoms with Gasteiger partial charge in [-0.05, 0) is 44.9 Å². The van der Waals surface area contributed by atoms with E-state index in [0.29, 0.717) is 6.42 Å². The van der Waals surface area contributed by atoms with Crippen LogP contribution in [-0.2, 0) is 26.0 Å². The average Bonchev–Trinajstić information content (AvgIpc) is 2.74. The predicted octanol–water partition coefficient (Wildman–Crippen LogP) is 4.40. The summed E-state index contributed by atoms with van der Waals surface area (Å²) in [6.45, 7) is 4.89. The number of anilines is 1. The van der Waals surface area contributed by atoms with Crippen molar-refractivity contribution in [2.24, 2.45) is 0 Å². The summed E-state index contributed by atoms with van der Waals surface area (Å²) in [6, 6.07) is 11.1. The SMILES string of the molecule is CC(C)NC(=O)[C@H](C)N(CCc1ccccc1)C(=O)CN(c1cc(Cl)c(Cl)cc1Cl)S(C)(=O)=O. The van der Waals surface area contributed by atoms with Gasteiger partial charge in [-0.1, -0.05) is 65.1 Å². The first-order chi connectivity index (χ1) is 15.8. The molecule has 0 aromatic heterocycles. The molecule has 0 saturated heterocycles. The summed E-state index contributed by atoms with van der Waals surface area (Å²) in [5.41, 5.74) is 0.999. The topological polar surface area (TPSA) is 86.8 Å². The molecule has 2 amide bonds. The molecule has 1 atom stereocenters. The second-order valence-corrected chi connectivity index (χ2v) is 11.3. The summed E-state index contributed by atoms with van der Waals surface area (Å²) in [5, 5.41) is 3.06. The van der Waals surface area contributed by atoms with Crippen LogP contribution in [0.4, 0.5) is 5.69 Å². The van der Waals surface area contributed by atoms with Crippen molar-refractivity contribution in [2.75, 3.05) is 23.7 Å². The zero-order valence-electron chi connectivity index (χ0n) is 19.4. The number of nitrogens with one attached hydrogen (secondary N) is 1. The van der Waals surface area contributed by atoms with Crippen LogP contribution in [0.25, 0.3) is 0 Å². The molecular formula is C23H28Cl3N3O4S. The zero-order chi connectivity index (χ0) is 25.6. The van der Waals surface area contributed by atoms with E-state index in [1.54, 1.807) is 6.92 Å². The molecule has 0 radical (unpaired) electrons. The van der Waals surface area contributed by atoms with Crippen LogP contribution < -0.4 is 9.62 Å². The normalized spacial score (nSPS) is 12.4. The Balaban J connectivity index is 2.38. The first-order valence-corrected chi connectivity index (χ1v) is 13.6. The fourth-order valence-electron chi connectivity index (χ4n) is 3.27. The van der Waals surface area contributed by atoms with Crippen molar-refractivity contribution in [1.29, 1.82) is 0 Å². The minimum absolute atomic E-state index is 0.0223. The Morgan fingerprint density at radius 2 is 1.56 bits per heavy atom. The van der Waals surface area contributed by atoms with Crippen molar-refractivity contribution in [1.82, 2.24) is 10.2 Å². The number of rotatable bonds is 10. The lowest BCUT2D eigenvalue weighted by Crippen LogP contribution is -2.53. The molecule has 0 aliphatic carbocycles. The van der Waals surface area contributed by atoms with Gasteiger partial charge in [0.2, 0.25) is 21.8 Å². The number of hydrogen-bond acceptors (Lipinski definition) is 4. The van der Waals surface area contributed by atoms with E-state index in [1.807, 2.05) is 44.2 Å². The molecule has 0 fully saturated rings. The predicted molar refractivity (Wildman–Crippen MR) is 138 cm³/mol. The molecule has 186 valence electrons. The molecular weight excluding hydrogens is 521 g/mol. The summed E-state index contributed by atoms with van der Waals surface area (Å²) >= 11 is 18.3. The van der Waals surface area contributed by atoms with Gasteiger partial charge in [0, 0.05) is 12.6 Å². The number of hydrogen-bond donors (Lipinski definition) is 1. The van der Waals surface area contributed by atoms with E-state index in [2.05, 4.69) is 5.32 Å². The zero-order valence-corrected chi connectivity index (χ0v) is 22.5. The molecule has 0 aliphatic heterocycles. The highest BCUT2D eigenvalue weighted by atomic mass is 35.5. The third-order valence-corrected chi connectivity index (χ3v) is 7.17. The monoisotopic (exact) mass is 547 g/mol. The highest BCUT2D eigenvalue weighted by Gasteiger charge is 2.31. The van der Waals surface area contributed by atoms with Gasteiger partial charge in [0.1, 0.15) is 12.6 Å². The van der Waals surface area contributed by atoms with Crippen LogP contribution in [0, 0.1) is 0 Å². The quantitative estimate of drug-likeness (QED) is 0.446. The van der Waals surface area contributed by atoms with E-state index in [0.717, 1.165) is 16.1 Å².